The van der Waals surface area contributed by atoms with E-state index in [4.69, 9.17) is 12.2 Å². The van der Waals surface area contributed by atoms with E-state index in [1.165, 1.54) is 5.56 Å². The largest absolute Gasteiger partial charge is 0.349 e. The van der Waals surface area contributed by atoms with Crippen LogP contribution in [0.25, 0.3) is 0 Å². The number of benzene rings is 2. The van der Waals surface area contributed by atoms with E-state index in [1.54, 1.807) is 0 Å². The molecule has 0 bridgehead atoms. The lowest BCUT2D eigenvalue weighted by Crippen LogP contribution is -2.32. The van der Waals surface area contributed by atoms with Gasteiger partial charge in [0.15, 0.2) is 5.78 Å². The summed E-state index contributed by atoms with van der Waals surface area (Å²) in [7, 11) is 0. The standard InChI is InChI=1S/C16H13NOS/c1-10-6-8-11(9-7-10)14-15(18)12-4-2-3-5-13(12)17-16(14)19/h2-9,14H,1H3,(H,17,19). The predicted octanol–water partition coefficient (Wildman–Crippen LogP) is 3.71. The van der Waals surface area contributed by atoms with Crippen molar-refractivity contribution in [1.29, 1.82) is 0 Å². The first-order valence-electron chi connectivity index (χ1n) is 6.17. The molecule has 94 valence electrons. The van der Waals surface area contributed by atoms with Gasteiger partial charge >= 0.3 is 0 Å². The first kappa shape index (κ1) is 12.1. The number of fused-ring (bicyclic) bond motifs is 1. The van der Waals surface area contributed by atoms with E-state index in [0.29, 0.717) is 10.6 Å². The van der Waals surface area contributed by atoms with Gasteiger partial charge in [0.2, 0.25) is 0 Å². The van der Waals surface area contributed by atoms with Crippen LogP contribution >= 0.6 is 12.2 Å². The molecule has 0 spiro atoms. The number of para-hydroxylation sites is 1. The van der Waals surface area contributed by atoms with Crippen molar-refractivity contribution in [2.75, 3.05) is 5.32 Å². The van der Waals surface area contributed by atoms with Gasteiger partial charge in [0, 0.05) is 11.3 Å². The van der Waals surface area contributed by atoms with Crippen molar-refractivity contribution >= 4 is 28.7 Å². The average Bonchev–Trinajstić information content (AvgIpc) is 2.41. The molecule has 0 aliphatic carbocycles. The molecule has 2 nitrogen and oxygen atoms in total. The van der Waals surface area contributed by atoms with Crippen molar-refractivity contribution < 1.29 is 4.79 Å². The Morgan fingerprint density at radius 3 is 2.47 bits per heavy atom. The lowest BCUT2D eigenvalue weighted by Gasteiger charge is -2.26. The molecule has 1 aliphatic heterocycles. The number of hydrogen-bond donors (Lipinski definition) is 1. The highest BCUT2D eigenvalue weighted by Gasteiger charge is 2.32. The fourth-order valence-electron chi connectivity index (χ4n) is 2.35. The number of aryl methyl sites for hydroxylation is 1. The van der Waals surface area contributed by atoms with Crippen LogP contribution in [0.15, 0.2) is 48.5 Å². The average molecular weight is 267 g/mol. The molecule has 0 amide bonds. The molecule has 0 saturated carbocycles. The first-order valence-corrected chi connectivity index (χ1v) is 6.58. The Morgan fingerprint density at radius 1 is 1.05 bits per heavy atom. The van der Waals surface area contributed by atoms with Crippen LogP contribution in [0.2, 0.25) is 0 Å². The lowest BCUT2D eigenvalue weighted by atomic mass is 9.86. The zero-order valence-electron chi connectivity index (χ0n) is 10.5. The summed E-state index contributed by atoms with van der Waals surface area (Å²) in [4.78, 5) is 13.2. The zero-order chi connectivity index (χ0) is 13.4. The fraction of sp³-hybridized carbons (Fsp3) is 0.125. The number of thiocarbonyl (C=S) groups is 1. The van der Waals surface area contributed by atoms with Crippen molar-refractivity contribution in [3.8, 4) is 0 Å². The minimum atomic E-state index is -0.370. The Kier molecular flexibility index (Phi) is 2.91. The third kappa shape index (κ3) is 2.06. The number of ketones is 1. The highest BCUT2D eigenvalue weighted by molar-refractivity contribution is 7.80. The summed E-state index contributed by atoms with van der Waals surface area (Å²) in [5, 5.41) is 3.16. The first-order chi connectivity index (χ1) is 9.16. The fourth-order valence-corrected chi connectivity index (χ4v) is 2.70. The summed E-state index contributed by atoms with van der Waals surface area (Å²) in [5.41, 5.74) is 3.64. The SMILES string of the molecule is Cc1ccc(C2C(=O)c3ccccc3NC2=S)cc1. The molecular formula is C16H13NOS. The Hall–Kier alpha value is -2.00. The Bertz CT molecular complexity index is 661. The molecule has 19 heavy (non-hydrogen) atoms. The molecule has 0 fully saturated rings. The van der Waals surface area contributed by atoms with E-state index in [-0.39, 0.29) is 11.7 Å². The minimum Gasteiger partial charge on any atom is -0.349 e. The van der Waals surface area contributed by atoms with Gasteiger partial charge in [0.25, 0.3) is 0 Å². The van der Waals surface area contributed by atoms with E-state index in [2.05, 4.69) is 5.32 Å². The maximum absolute atomic E-state index is 12.6. The van der Waals surface area contributed by atoms with Crippen LogP contribution < -0.4 is 5.32 Å². The molecule has 1 atom stereocenters. The van der Waals surface area contributed by atoms with Crippen LogP contribution in [-0.2, 0) is 0 Å². The molecule has 2 aromatic rings. The molecule has 3 heteroatoms. The normalized spacial score (nSPS) is 17.8. The maximum atomic E-state index is 12.6. The number of anilines is 1. The van der Waals surface area contributed by atoms with Crippen LogP contribution in [-0.4, -0.2) is 10.8 Å². The van der Waals surface area contributed by atoms with Gasteiger partial charge in [-0.1, -0.05) is 54.2 Å². The molecule has 0 radical (unpaired) electrons. The van der Waals surface area contributed by atoms with E-state index >= 15 is 0 Å². The molecule has 1 unspecified atom stereocenters. The second kappa shape index (κ2) is 4.59. The Labute approximate surface area is 117 Å². The van der Waals surface area contributed by atoms with Gasteiger partial charge in [-0.05, 0) is 24.6 Å². The van der Waals surface area contributed by atoms with E-state index in [1.807, 2.05) is 55.5 Å². The van der Waals surface area contributed by atoms with Crippen molar-refractivity contribution in [2.45, 2.75) is 12.8 Å². The quantitative estimate of drug-likeness (QED) is 0.798. The van der Waals surface area contributed by atoms with Gasteiger partial charge in [-0.15, -0.1) is 0 Å². The number of carbonyl (C=O) groups is 1. The highest BCUT2D eigenvalue weighted by atomic mass is 32.1. The smallest absolute Gasteiger partial charge is 0.179 e. The van der Waals surface area contributed by atoms with Crippen molar-refractivity contribution in [1.82, 2.24) is 0 Å². The lowest BCUT2D eigenvalue weighted by molar-refractivity contribution is 0.0982. The number of nitrogens with one attached hydrogen (secondary N) is 1. The molecule has 3 rings (SSSR count). The summed E-state index contributed by atoms with van der Waals surface area (Å²) in [6.07, 6.45) is 0. The summed E-state index contributed by atoms with van der Waals surface area (Å²) in [6.45, 7) is 2.03. The minimum absolute atomic E-state index is 0.0724. The zero-order valence-corrected chi connectivity index (χ0v) is 11.3. The third-order valence-electron chi connectivity index (χ3n) is 3.39. The second-order valence-corrected chi connectivity index (χ2v) is 5.18. The van der Waals surface area contributed by atoms with E-state index < -0.39 is 0 Å². The van der Waals surface area contributed by atoms with Crippen LogP contribution in [0.4, 0.5) is 5.69 Å². The topological polar surface area (TPSA) is 29.1 Å². The Morgan fingerprint density at radius 2 is 1.74 bits per heavy atom. The highest BCUT2D eigenvalue weighted by Crippen LogP contribution is 2.32. The monoisotopic (exact) mass is 267 g/mol. The van der Waals surface area contributed by atoms with Crippen molar-refractivity contribution in [3.63, 3.8) is 0 Å². The van der Waals surface area contributed by atoms with Gasteiger partial charge < -0.3 is 5.32 Å². The van der Waals surface area contributed by atoms with Crippen molar-refractivity contribution in [2.24, 2.45) is 0 Å². The molecule has 1 heterocycles. The molecule has 0 saturated heterocycles. The summed E-state index contributed by atoms with van der Waals surface area (Å²) in [5.74, 6) is -0.297. The Balaban J connectivity index is 2.06. The predicted molar refractivity (Wildman–Crippen MR) is 80.9 cm³/mol. The van der Waals surface area contributed by atoms with Crippen LogP contribution in [0, 0.1) is 6.92 Å². The van der Waals surface area contributed by atoms with Crippen molar-refractivity contribution in [3.05, 3.63) is 65.2 Å². The number of Topliss-reactive ketones (excluding diaryl/α,β-unsaturated/α-hetero) is 1. The van der Waals surface area contributed by atoms with Crippen LogP contribution in [0.5, 0.6) is 0 Å². The van der Waals surface area contributed by atoms with Crippen LogP contribution in [0.1, 0.15) is 27.4 Å². The van der Waals surface area contributed by atoms with Crippen LogP contribution in [0.3, 0.4) is 0 Å². The van der Waals surface area contributed by atoms with Gasteiger partial charge in [0.05, 0.1) is 10.9 Å². The third-order valence-corrected chi connectivity index (χ3v) is 3.72. The maximum Gasteiger partial charge on any atom is 0.179 e. The number of rotatable bonds is 1. The summed E-state index contributed by atoms with van der Waals surface area (Å²) >= 11 is 5.36. The number of carbonyl (C=O) groups excluding carboxylic acids is 1. The number of hydrogen-bond acceptors (Lipinski definition) is 2. The summed E-state index contributed by atoms with van der Waals surface area (Å²) < 4.78 is 0. The molecular weight excluding hydrogens is 254 g/mol. The van der Waals surface area contributed by atoms with Gasteiger partial charge in [-0.3, -0.25) is 4.79 Å². The second-order valence-electron chi connectivity index (χ2n) is 4.74. The molecule has 2 aromatic carbocycles. The van der Waals surface area contributed by atoms with Gasteiger partial charge in [0.1, 0.15) is 0 Å². The van der Waals surface area contributed by atoms with E-state index in [0.717, 1.165) is 11.3 Å². The molecule has 0 aromatic heterocycles. The summed E-state index contributed by atoms with van der Waals surface area (Å²) in [6, 6.07) is 15.4. The van der Waals surface area contributed by atoms with E-state index in [9.17, 15) is 4.79 Å². The van der Waals surface area contributed by atoms with Gasteiger partial charge in [-0.25, -0.2) is 0 Å². The molecule has 1 aliphatic rings. The molecule has 1 N–H and O–H groups in total. The van der Waals surface area contributed by atoms with Gasteiger partial charge in [-0.2, -0.15) is 0 Å².